The number of benzene rings is 1. The van der Waals surface area contributed by atoms with Gasteiger partial charge in [-0.15, -0.1) is 0 Å². The molecule has 38 heavy (non-hydrogen) atoms. The molecule has 0 saturated heterocycles. The summed E-state index contributed by atoms with van der Waals surface area (Å²) in [6, 6.07) is 6.04. The van der Waals surface area contributed by atoms with Crippen molar-refractivity contribution in [1.29, 1.82) is 0 Å². The number of rotatable bonds is 7. The topological polar surface area (TPSA) is 102 Å². The zero-order valence-corrected chi connectivity index (χ0v) is 18.4. The average molecular weight is 552 g/mol. The lowest BCUT2D eigenvalue weighted by Crippen LogP contribution is -2.61. The van der Waals surface area contributed by atoms with E-state index < -0.39 is 53.6 Å². The Morgan fingerprint density at radius 3 is 2.29 bits per heavy atom. The van der Waals surface area contributed by atoms with Crippen molar-refractivity contribution in [2.75, 3.05) is 11.9 Å². The van der Waals surface area contributed by atoms with Crippen LogP contribution in [-0.4, -0.2) is 54.5 Å². The van der Waals surface area contributed by atoms with Crippen molar-refractivity contribution < 1.29 is 49.1 Å². The van der Waals surface area contributed by atoms with Gasteiger partial charge in [0.05, 0.1) is 25.0 Å². The van der Waals surface area contributed by atoms with Gasteiger partial charge in [0, 0.05) is 11.6 Å². The Hall–Kier alpha value is -4.15. The highest BCUT2D eigenvalue weighted by atomic mass is 19.4. The van der Waals surface area contributed by atoms with Gasteiger partial charge in [-0.05, 0) is 12.1 Å². The van der Waals surface area contributed by atoms with Crippen LogP contribution < -0.4 is 5.32 Å². The molecule has 0 aliphatic rings. The molecule has 3 heterocycles. The van der Waals surface area contributed by atoms with Crippen LogP contribution in [0.25, 0.3) is 22.9 Å². The second-order valence-electron chi connectivity index (χ2n) is 7.77. The molecule has 0 amide bonds. The number of anilines is 1. The maximum atomic E-state index is 14.2. The van der Waals surface area contributed by atoms with Gasteiger partial charge in [-0.3, -0.25) is 4.68 Å². The van der Waals surface area contributed by atoms with Crippen molar-refractivity contribution in [3.8, 4) is 22.9 Å². The van der Waals surface area contributed by atoms with Gasteiger partial charge in [0.1, 0.15) is 17.7 Å². The lowest BCUT2D eigenvalue weighted by Gasteiger charge is -2.32. The van der Waals surface area contributed by atoms with Crippen LogP contribution in [0.1, 0.15) is 5.56 Å². The Kier molecular flexibility index (Phi) is 6.81. The third-order valence-electron chi connectivity index (χ3n) is 5.25. The molecule has 2 N–H and O–H groups in total. The highest BCUT2D eigenvalue weighted by molar-refractivity contribution is 5.63. The van der Waals surface area contributed by atoms with E-state index in [0.717, 1.165) is 10.7 Å². The van der Waals surface area contributed by atoms with E-state index in [1.54, 1.807) is 0 Å². The summed E-state index contributed by atoms with van der Waals surface area (Å²) in [5, 5.41) is 18.6. The fourth-order valence-electron chi connectivity index (χ4n) is 3.22. The Morgan fingerprint density at radius 1 is 0.947 bits per heavy atom. The summed E-state index contributed by atoms with van der Waals surface area (Å²) in [6.45, 7) is -2.58. The molecular weight excluding hydrogens is 539 g/mol. The minimum absolute atomic E-state index is 0.134. The van der Waals surface area contributed by atoms with E-state index in [9.17, 15) is 44.6 Å². The molecule has 17 heteroatoms. The summed E-state index contributed by atoms with van der Waals surface area (Å²) in [4.78, 5) is 7.23. The standard InChI is InChI=1S/C21H13F9N6O2/c22-11-3-1-2-10(16(11)24)8-36-15(13-4-5-38-35-13)6-14(34-36)18-31-7-12(23)17(33-18)32-9-19(37,20(25,26)27)21(28,29)30/h1-7,37H,8-9H2,(H,31,32,33). The minimum Gasteiger partial charge on any atom is -0.372 e. The van der Waals surface area contributed by atoms with Gasteiger partial charge in [-0.1, -0.05) is 17.3 Å². The smallest absolute Gasteiger partial charge is 0.372 e. The van der Waals surface area contributed by atoms with E-state index in [0.29, 0.717) is 6.20 Å². The van der Waals surface area contributed by atoms with E-state index in [1.165, 1.54) is 35.8 Å². The molecule has 0 aliphatic heterocycles. The molecule has 4 aromatic rings. The number of nitrogens with one attached hydrogen (secondary N) is 1. The van der Waals surface area contributed by atoms with Crippen molar-refractivity contribution >= 4 is 5.82 Å². The number of aromatic nitrogens is 5. The number of aliphatic hydroxyl groups is 1. The predicted octanol–water partition coefficient (Wildman–Crippen LogP) is 4.73. The van der Waals surface area contributed by atoms with Crippen molar-refractivity contribution in [1.82, 2.24) is 24.9 Å². The van der Waals surface area contributed by atoms with Crippen molar-refractivity contribution in [2.45, 2.75) is 24.5 Å². The number of hydrogen-bond donors (Lipinski definition) is 2. The van der Waals surface area contributed by atoms with Crippen LogP contribution in [0.5, 0.6) is 0 Å². The number of hydrogen-bond acceptors (Lipinski definition) is 7. The summed E-state index contributed by atoms with van der Waals surface area (Å²) in [6.07, 6.45) is -10.7. The molecular formula is C21H13F9N6O2. The summed E-state index contributed by atoms with van der Waals surface area (Å²) in [5.41, 5.74) is -5.24. The first-order chi connectivity index (χ1) is 17.7. The van der Waals surface area contributed by atoms with Crippen LogP contribution in [0, 0.1) is 17.5 Å². The highest BCUT2D eigenvalue weighted by Gasteiger charge is 2.70. The molecule has 0 fully saturated rings. The predicted molar refractivity (Wildman–Crippen MR) is 110 cm³/mol. The first-order valence-corrected chi connectivity index (χ1v) is 10.3. The van der Waals surface area contributed by atoms with Crippen molar-refractivity contribution in [2.24, 2.45) is 0 Å². The zero-order valence-electron chi connectivity index (χ0n) is 18.4. The maximum Gasteiger partial charge on any atom is 0.428 e. The van der Waals surface area contributed by atoms with Gasteiger partial charge in [0.25, 0.3) is 5.60 Å². The Morgan fingerprint density at radius 2 is 1.66 bits per heavy atom. The van der Waals surface area contributed by atoms with Crippen LogP contribution in [0.2, 0.25) is 0 Å². The second-order valence-corrected chi connectivity index (χ2v) is 7.77. The van der Waals surface area contributed by atoms with Crippen LogP contribution in [0.15, 0.2) is 47.3 Å². The summed E-state index contributed by atoms with van der Waals surface area (Å²) < 4.78 is 126. The monoisotopic (exact) mass is 552 g/mol. The van der Waals surface area contributed by atoms with Gasteiger partial charge >= 0.3 is 12.4 Å². The lowest BCUT2D eigenvalue weighted by atomic mass is 10.0. The van der Waals surface area contributed by atoms with Gasteiger partial charge in [-0.25, -0.2) is 23.1 Å². The first-order valence-electron chi connectivity index (χ1n) is 10.3. The fourth-order valence-corrected chi connectivity index (χ4v) is 3.22. The Labute approximate surface area is 205 Å². The van der Waals surface area contributed by atoms with Crippen LogP contribution in [0.3, 0.4) is 0 Å². The van der Waals surface area contributed by atoms with Crippen LogP contribution in [0.4, 0.5) is 45.3 Å². The Balaban J connectivity index is 1.70. The van der Waals surface area contributed by atoms with E-state index in [2.05, 4.69) is 20.2 Å². The molecule has 1 aromatic carbocycles. The molecule has 0 radical (unpaired) electrons. The third kappa shape index (κ3) is 5.00. The van der Waals surface area contributed by atoms with Crippen molar-refractivity contribution in [3.63, 3.8) is 0 Å². The van der Waals surface area contributed by atoms with Crippen LogP contribution in [-0.2, 0) is 6.54 Å². The second kappa shape index (κ2) is 9.62. The van der Waals surface area contributed by atoms with E-state index in [4.69, 9.17) is 4.52 Å². The van der Waals surface area contributed by atoms with Crippen molar-refractivity contribution in [3.05, 3.63) is 65.8 Å². The summed E-state index contributed by atoms with van der Waals surface area (Å²) in [5.74, 6) is -5.30. The number of nitrogens with zero attached hydrogens (tertiary/aromatic N) is 5. The minimum atomic E-state index is -6.15. The molecule has 0 atom stereocenters. The zero-order chi connectivity index (χ0) is 27.9. The van der Waals surface area contributed by atoms with E-state index in [-0.39, 0.29) is 29.2 Å². The maximum absolute atomic E-state index is 14.2. The molecule has 0 unspecified atom stereocenters. The number of halogens is 9. The molecule has 0 spiro atoms. The summed E-state index contributed by atoms with van der Waals surface area (Å²) >= 11 is 0. The Bertz CT molecular complexity index is 1420. The van der Waals surface area contributed by atoms with Gasteiger partial charge in [0.2, 0.25) is 0 Å². The van der Waals surface area contributed by atoms with Crippen LogP contribution >= 0.6 is 0 Å². The lowest BCUT2D eigenvalue weighted by molar-refractivity contribution is -0.362. The molecule has 202 valence electrons. The SMILES string of the molecule is OC(CNc1nc(-c2cc(-c3ccon3)n(Cc3cccc(F)c3F)n2)ncc1F)(C(F)(F)F)C(F)(F)F. The van der Waals surface area contributed by atoms with Gasteiger partial charge < -0.3 is 14.9 Å². The summed E-state index contributed by atoms with van der Waals surface area (Å²) in [7, 11) is 0. The third-order valence-corrected chi connectivity index (χ3v) is 5.25. The average Bonchev–Trinajstić information content (AvgIpc) is 3.50. The van der Waals surface area contributed by atoms with E-state index in [1.807, 2.05) is 0 Å². The van der Waals surface area contributed by atoms with Gasteiger partial charge in [-0.2, -0.15) is 31.4 Å². The fraction of sp³-hybridized carbons (Fsp3) is 0.238. The molecule has 0 aliphatic carbocycles. The largest absolute Gasteiger partial charge is 0.428 e. The normalized spacial score (nSPS) is 12.7. The molecule has 0 bridgehead atoms. The number of alkyl halides is 6. The molecule has 3 aromatic heterocycles. The highest BCUT2D eigenvalue weighted by Crippen LogP contribution is 2.43. The molecule has 4 rings (SSSR count). The molecule has 0 saturated carbocycles. The van der Waals surface area contributed by atoms with Gasteiger partial charge in [0.15, 0.2) is 29.1 Å². The first kappa shape index (κ1) is 26.9. The molecule has 8 nitrogen and oxygen atoms in total. The quantitative estimate of drug-likeness (QED) is 0.320. The van der Waals surface area contributed by atoms with E-state index >= 15 is 0 Å².